The molecule has 136 valence electrons. The molecule has 3 rings (SSSR count). The van der Waals surface area contributed by atoms with E-state index in [1.807, 2.05) is 53.1 Å². The van der Waals surface area contributed by atoms with Gasteiger partial charge >= 0.3 is 0 Å². The first kappa shape index (κ1) is 18.4. The number of amides is 1. The Hall–Kier alpha value is -2.41. The number of nitrogens with one attached hydrogen (secondary N) is 1. The van der Waals surface area contributed by atoms with Crippen LogP contribution in [0.4, 0.5) is 0 Å². The van der Waals surface area contributed by atoms with Gasteiger partial charge in [0.1, 0.15) is 5.65 Å². The lowest BCUT2D eigenvalue weighted by molar-refractivity contribution is -0.126. The quantitative estimate of drug-likeness (QED) is 0.647. The molecule has 0 radical (unpaired) electrons. The summed E-state index contributed by atoms with van der Waals surface area (Å²) in [4.78, 5) is 17.1. The molecule has 0 saturated carbocycles. The summed E-state index contributed by atoms with van der Waals surface area (Å²) in [5.41, 5.74) is 3.27. The number of carbonyl (C=O) groups excluding carboxylic acids is 1. The van der Waals surface area contributed by atoms with Gasteiger partial charge in [-0.1, -0.05) is 29.8 Å². The van der Waals surface area contributed by atoms with E-state index in [2.05, 4.69) is 10.3 Å². The van der Waals surface area contributed by atoms with Gasteiger partial charge in [-0.3, -0.25) is 4.79 Å². The average Bonchev–Trinajstić information content (AvgIpc) is 3.02. The second-order valence-corrected chi connectivity index (χ2v) is 6.16. The fourth-order valence-corrected chi connectivity index (χ4v) is 2.86. The Morgan fingerprint density at radius 3 is 2.62 bits per heavy atom. The minimum Gasteiger partial charge on any atom is -0.354 e. The van der Waals surface area contributed by atoms with Gasteiger partial charge in [-0.2, -0.15) is 0 Å². The molecule has 0 atom stereocenters. The predicted molar refractivity (Wildman–Crippen MR) is 100 cm³/mol. The Balaban J connectivity index is 1.89. The number of nitrogens with zero attached hydrogens (tertiary/aromatic N) is 2. The second kappa shape index (κ2) is 8.31. The minimum atomic E-state index is -0.475. The van der Waals surface area contributed by atoms with Crippen molar-refractivity contribution in [1.82, 2.24) is 14.7 Å². The minimum absolute atomic E-state index is 0.134. The summed E-state index contributed by atoms with van der Waals surface area (Å²) < 4.78 is 12.1. The van der Waals surface area contributed by atoms with Crippen LogP contribution in [0, 0.1) is 0 Å². The Morgan fingerprint density at radius 1 is 1.19 bits per heavy atom. The normalized spacial score (nSPS) is 11.2. The van der Waals surface area contributed by atoms with E-state index < -0.39 is 6.29 Å². The summed E-state index contributed by atoms with van der Waals surface area (Å²) >= 11 is 5.99. The smallest absolute Gasteiger partial charge is 0.226 e. The second-order valence-electron chi connectivity index (χ2n) is 5.72. The van der Waals surface area contributed by atoms with Crippen molar-refractivity contribution < 1.29 is 14.3 Å². The number of aromatic nitrogens is 2. The molecule has 0 spiro atoms. The largest absolute Gasteiger partial charge is 0.354 e. The SMILES string of the molecule is COC(CNC(=O)Cc1c(-c2ccc(Cl)cc2)nc2ccccn12)OC. The third-order valence-corrected chi connectivity index (χ3v) is 4.32. The average molecular weight is 374 g/mol. The fourth-order valence-electron chi connectivity index (χ4n) is 2.73. The van der Waals surface area contributed by atoms with E-state index in [0.717, 1.165) is 22.6 Å². The van der Waals surface area contributed by atoms with Crippen LogP contribution in [0.25, 0.3) is 16.9 Å². The number of rotatable bonds is 7. The Labute approximate surface area is 156 Å². The summed E-state index contributed by atoms with van der Waals surface area (Å²) in [7, 11) is 3.06. The molecule has 0 aliphatic carbocycles. The topological polar surface area (TPSA) is 64.9 Å². The highest BCUT2D eigenvalue weighted by Gasteiger charge is 2.17. The lowest BCUT2D eigenvalue weighted by Gasteiger charge is -2.14. The highest BCUT2D eigenvalue weighted by atomic mass is 35.5. The van der Waals surface area contributed by atoms with Crippen molar-refractivity contribution in [2.24, 2.45) is 0 Å². The molecule has 0 unspecified atom stereocenters. The van der Waals surface area contributed by atoms with E-state index in [0.29, 0.717) is 5.02 Å². The van der Waals surface area contributed by atoms with E-state index in [1.54, 1.807) is 0 Å². The van der Waals surface area contributed by atoms with Crippen LogP contribution >= 0.6 is 11.6 Å². The highest BCUT2D eigenvalue weighted by Crippen LogP contribution is 2.26. The lowest BCUT2D eigenvalue weighted by Crippen LogP contribution is -2.35. The molecule has 0 fully saturated rings. The molecular weight excluding hydrogens is 354 g/mol. The fraction of sp³-hybridized carbons (Fsp3) is 0.263. The van der Waals surface area contributed by atoms with E-state index in [1.165, 1.54) is 14.2 Å². The molecular formula is C19H20ClN3O3. The van der Waals surface area contributed by atoms with Crippen molar-refractivity contribution >= 4 is 23.2 Å². The molecule has 7 heteroatoms. The van der Waals surface area contributed by atoms with E-state index in [9.17, 15) is 4.79 Å². The van der Waals surface area contributed by atoms with Crippen LogP contribution in [0.3, 0.4) is 0 Å². The van der Waals surface area contributed by atoms with Gasteiger partial charge in [0.25, 0.3) is 0 Å². The van der Waals surface area contributed by atoms with Crippen molar-refractivity contribution in [2.45, 2.75) is 12.7 Å². The Kier molecular flexibility index (Phi) is 5.88. The molecule has 0 bridgehead atoms. The summed E-state index contributed by atoms with van der Waals surface area (Å²) in [5, 5.41) is 3.48. The van der Waals surface area contributed by atoms with Crippen LogP contribution in [-0.4, -0.2) is 42.3 Å². The number of methoxy groups -OCH3 is 2. The monoisotopic (exact) mass is 373 g/mol. The van der Waals surface area contributed by atoms with E-state index in [-0.39, 0.29) is 18.9 Å². The Bertz CT molecular complexity index is 889. The van der Waals surface area contributed by atoms with Gasteiger partial charge < -0.3 is 19.2 Å². The number of benzene rings is 1. The lowest BCUT2D eigenvalue weighted by atomic mass is 10.1. The van der Waals surface area contributed by atoms with Crippen molar-refractivity contribution in [3.63, 3.8) is 0 Å². The van der Waals surface area contributed by atoms with Crippen molar-refractivity contribution in [3.05, 3.63) is 59.4 Å². The number of hydrogen-bond donors (Lipinski definition) is 1. The van der Waals surface area contributed by atoms with Gasteiger partial charge in [-0.25, -0.2) is 4.98 Å². The van der Waals surface area contributed by atoms with Gasteiger partial charge in [0.05, 0.1) is 24.4 Å². The van der Waals surface area contributed by atoms with Crippen LogP contribution in [0.1, 0.15) is 5.69 Å². The van der Waals surface area contributed by atoms with Crippen LogP contribution < -0.4 is 5.32 Å². The summed E-state index contributed by atoms with van der Waals surface area (Å²) in [5.74, 6) is -0.134. The van der Waals surface area contributed by atoms with Gasteiger partial charge in [-0.05, 0) is 24.3 Å². The zero-order valence-corrected chi connectivity index (χ0v) is 15.4. The molecule has 0 aliphatic rings. The highest BCUT2D eigenvalue weighted by molar-refractivity contribution is 6.30. The number of hydrogen-bond acceptors (Lipinski definition) is 4. The van der Waals surface area contributed by atoms with Crippen LogP contribution in [0.5, 0.6) is 0 Å². The van der Waals surface area contributed by atoms with E-state index in [4.69, 9.17) is 21.1 Å². The first-order valence-corrected chi connectivity index (χ1v) is 8.54. The number of halogens is 1. The number of ether oxygens (including phenoxy) is 2. The molecule has 1 N–H and O–H groups in total. The zero-order chi connectivity index (χ0) is 18.5. The van der Waals surface area contributed by atoms with Crippen LogP contribution in [0.2, 0.25) is 5.02 Å². The van der Waals surface area contributed by atoms with Gasteiger partial charge in [0, 0.05) is 31.0 Å². The summed E-state index contributed by atoms with van der Waals surface area (Å²) in [6, 6.07) is 13.2. The first-order chi connectivity index (χ1) is 12.6. The number of carbonyl (C=O) groups is 1. The van der Waals surface area contributed by atoms with Crippen molar-refractivity contribution in [2.75, 3.05) is 20.8 Å². The van der Waals surface area contributed by atoms with Crippen molar-refractivity contribution in [1.29, 1.82) is 0 Å². The van der Waals surface area contributed by atoms with Gasteiger partial charge in [0.15, 0.2) is 6.29 Å². The molecule has 1 aromatic carbocycles. The molecule has 2 aromatic heterocycles. The third kappa shape index (κ3) is 4.04. The number of fused-ring (bicyclic) bond motifs is 1. The molecule has 1 amide bonds. The molecule has 0 aliphatic heterocycles. The zero-order valence-electron chi connectivity index (χ0n) is 14.6. The van der Waals surface area contributed by atoms with E-state index >= 15 is 0 Å². The molecule has 2 heterocycles. The van der Waals surface area contributed by atoms with Crippen LogP contribution in [0.15, 0.2) is 48.7 Å². The third-order valence-electron chi connectivity index (χ3n) is 4.07. The Morgan fingerprint density at radius 2 is 1.92 bits per heavy atom. The van der Waals surface area contributed by atoms with Gasteiger partial charge in [-0.15, -0.1) is 0 Å². The molecule has 3 aromatic rings. The standard InChI is InChI=1S/C19H20ClN3O3/c1-25-18(26-2)12-21-17(24)11-15-19(13-6-8-14(20)9-7-13)22-16-5-3-4-10-23(15)16/h3-10,18H,11-12H2,1-2H3,(H,21,24). The molecule has 0 saturated heterocycles. The predicted octanol–water partition coefficient (Wildman–Crippen LogP) is 2.93. The number of pyridine rings is 1. The maximum Gasteiger partial charge on any atom is 0.226 e. The summed E-state index contributed by atoms with van der Waals surface area (Å²) in [6.07, 6.45) is 1.61. The maximum absolute atomic E-state index is 12.4. The molecule has 6 nitrogen and oxygen atoms in total. The number of imidazole rings is 1. The first-order valence-electron chi connectivity index (χ1n) is 8.16. The molecule has 26 heavy (non-hydrogen) atoms. The van der Waals surface area contributed by atoms with Gasteiger partial charge in [0.2, 0.25) is 5.91 Å². The van der Waals surface area contributed by atoms with Crippen LogP contribution in [-0.2, 0) is 20.7 Å². The van der Waals surface area contributed by atoms with Crippen molar-refractivity contribution in [3.8, 4) is 11.3 Å². The maximum atomic E-state index is 12.4. The summed E-state index contributed by atoms with van der Waals surface area (Å²) in [6.45, 7) is 0.277.